The Morgan fingerprint density at radius 1 is 0.432 bits per heavy atom. The standard InChI is InChI=1S/C60H70N2O8S4/c1-57(2,3)37-27-41-49(65)42(28-37)72-46-32-40(60(10,11)12)34-48(54(46)70-52(56(68)62-24-26-64)36-21-17-14-18-22-36)74-44-30-38(58(4,5)6)29-43(50(44)66)73-47-33-39(59(7,8)9)31-45(71-41)53(47)69-51(55(67)61-23-25-63)35-19-15-13-16-20-35/h13-22,27-34,51-52,63-66H,23-26H2,1-12H3,(H,61,67)(H,62,68)/t51-,52-/m1/s1. The molecule has 1 aliphatic rings. The molecule has 1 heterocycles. The highest BCUT2D eigenvalue weighted by Gasteiger charge is 2.33. The van der Waals surface area contributed by atoms with Gasteiger partial charge >= 0.3 is 0 Å². The first-order valence-corrected chi connectivity index (χ1v) is 28.1. The number of nitrogens with one attached hydrogen (secondary N) is 2. The van der Waals surface area contributed by atoms with Crippen LogP contribution in [0.5, 0.6) is 23.0 Å². The summed E-state index contributed by atoms with van der Waals surface area (Å²) < 4.78 is 14.2. The summed E-state index contributed by atoms with van der Waals surface area (Å²) in [5, 5.41) is 51.0. The van der Waals surface area contributed by atoms with Crippen LogP contribution in [0.1, 0.15) is 129 Å². The van der Waals surface area contributed by atoms with Gasteiger partial charge in [0.1, 0.15) is 23.0 Å². The number of benzene rings is 6. The summed E-state index contributed by atoms with van der Waals surface area (Å²) in [4.78, 5) is 33.1. The predicted molar refractivity (Wildman–Crippen MR) is 300 cm³/mol. The molecule has 0 radical (unpaired) electrons. The van der Waals surface area contributed by atoms with Gasteiger partial charge in [-0.2, -0.15) is 0 Å². The van der Waals surface area contributed by atoms with Gasteiger partial charge < -0.3 is 40.5 Å². The van der Waals surface area contributed by atoms with E-state index in [2.05, 4.69) is 118 Å². The maximum atomic E-state index is 14.2. The molecule has 6 N–H and O–H groups in total. The van der Waals surface area contributed by atoms with Crippen molar-refractivity contribution in [3.8, 4) is 23.0 Å². The number of aliphatic hydroxyl groups is 2. The summed E-state index contributed by atoms with van der Waals surface area (Å²) in [7, 11) is 0. The molecule has 6 aromatic rings. The molecule has 0 spiro atoms. The van der Waals surface area contributed by atoms with Gasteiger partial charge in [-0.3, -0.25) is 9.59 Å². The van der Waals surface area contributed by atoms with Gasteiger partial charge in [-0.1, -0.05) is 191 Å². The van der Waals surface area contributed by atoms with Crippen molar-refractivity contribution >= 4 is 58.9 Å². The van der Waals surface area contributed by atoms with Crippen LogP contribution in [-0.4, -0.2) is 58.5 Å². The molecule has 8 bridgehead atoms. The van der Waals surface area contributed by atoms with Crippen molar-refractivity contribution in [2.24, 2.45) is 0 Å². The highest BCUT2D eigenvalue weighted by atomic mass is 32.2. The number of carbonyl (C=O) groups excluding carboxylic acids is 2. The lowest BCUT2D eigenvalue weighted by Crippen LogP contribution is -2.34. The van der Waals surface area contributed by atoms with E-state index in [1.807, 2.05) is 84.9 Å². The monoisotopic (exact) mass is 1070 g/mol. The minimum atomic E-state index is -1.15. The number of carbonyl (C=O) groups is 2. The lowest BCUT2D eigenvalue weighted by molar-refractivity contribution is -0.129. The lowest BCUT2D eigenvalue weighted by Gasteiger charge is -2.29. The zero-order valence-corrected chi connectivity index (χ0v) is 47.7. The molecule has 2 atom stereocenters. The second-order valence-electron chi connectivity index (χ2n) is 22.5. The minimum absolute atomic E-state index is 0.0148. The zero-order valence-electron chi connectivity index (χ0n) is 44.4. The van der Waals surface area contributed by atoms with Crippen molar-refractivity contribution in [3.05, 3.63) is 143 Å². The van der Waals surface area contributed by atoms with Crippen molar-refractivity contribution in [3.63, 3.8) is 0 Å². The number of phenols is 2. The number of hydrogen-bond acceptors (Lipinski definition) is 12. The van der Waals surface area contributed by atoms with Gasteiger partial charge in [-0.25, -0.2) is 0 Å². The van der Waals surface area contributed by atoms with Crippen molar-refractivity contribution in [2.45, 2.75) is 156 Å². The topological polar surface area (TPSA) is 158 Å². The summed E-state index contributed by atoms with van der Waals surface area (Å²) in [6.45, 7) is 25.0. The molecule has 7 rings (SSSR count). The van der Waals surface area contributed by atoms with Gasteiger partial charge in [0.05, 0.1) is 52.4 Å². The molecule has 0 aliphatic carbocycles. The average molecular weight is 1080 g/mol. The molecule has 14 heteroatoms. The number of fused-ring (bicyclic) bond motifs is 8. The van der Waals surface area contributed by atoms with Crippen LogP contribution >= 0.6 is 47.0 Å². The normalized spacial score (nSPS) is 13.9. The van der Waals surface area contributed by atoms with E-state index in [1.54, 1.807) is 0 Å². The average Bonchev–Trinajstić information content (AvgIpc) is 3.33. The summed E-state index contributed by atoms with van der Waals surface area (Å²) in [5.41, 5.74) is 3.45. The first kappa shape index (κ1) is 56.5. The van der Waals surface area contributed by atoms with Crippen molar-refractivity contribution in [1.82, 2.24) is 10.6 Å². The maximum absolute atomic E-state index is 14.2. The molecule has 6 aromatic carbocycles. The number of hydrogen-bond donors (Lipinski definition) is 6. The Balaban J connectivity index is 1.60. The van der Waals surface area contributed by atoms with Crippen LogP contribution in [0, 0.1) is 0 Å². The van der Waals surface area contributed by atoms with Gasteiger partial charge in [0.2, 0.25) is 12.2 Å². The number of amides is 2. The van der Waals surface area contributed by atoms with E-state index in [1.165, 1.54) is 47.0 Å². The van der Waals surface area contributed by atoms with Gasteiger partial charge in [0.15, 0.2) is 0 Å². The summed E-state index contributed by atoms with van der Waals surface area (Å²) >= 11 is 5.32. The van der Waals surface area contributed by atoms with Crippen LogP contribution in [0.2, 0.25) is 0 Å². The van der Waals surface area contributed by atoms with Gasteiger partial charge in [-0.15, -0.1) is 0 Å². The molecule has 0 aromatic heterocycles. The van der Waals surface area contributed by atoms with Gasteiger partial charge in [0, 0.05) is 24.2 Å². The highest BCUT2D eigenvalue weighted by Crippen LogP contribution is 2.57. The van der Waals surface area contributed by atoms with Crippen LogP contribution in [0.4, 0.5) is 0 Å². The van der Waals surface area contributed by atoms with Crippen LogP contribution < -0.4 is 20.1 Å². The Morgan fingerprint density at radius 3 is 0.905 bits per heavy atom. The number of rotatable bonds is 12. The zero-order chi connectivity index (χ0) is 53.9. The Hall–Kier alpha value is -5.22. The number of aromatic hydroxyl groups is 2. The first-order chi connectivity index (χ1) is 34.8. The highest BCUT2D eigenvalue weighted by molar-refractivity contribution is 8.01. The molecule has 10 nitrogen and oxygen atoms in total. The molecular weight excluding hydrogens is 1000 g/mol. The lowest BCUT2D eigenvalue weighted by atomic mass is 9.87. The number of phenolic OH excluding ortho intramolecular Hbond substituents is 2. The van der Waals surface area contributed by atoms with E-state index in [4.69, 9.17) is 9.47 Å². The van der Waals surface area contributed by atoms with Crippen molar-refractivity contribution < 1.29 is 39.5 Å². The molecule has 74 heavy (non-hydrogen) atoms. The minimum Gasteiger partial charge on any atom is -0.506 e. The van der Waals surface area contributed by atoms with Crippen LogP contribution in [0.15, 0.2) is 148 Å². The predicted octanol–water partition coefficient (Wildman–Crippen LogP) is 13.7. The van der Waals surface area contributed by atoms with Crippen LogP contribution in [0.3, 0.4) is 0 Å². The Morgan fingerprint density at radius 2 is 0.676 bits per heavy atom. The summed E-state index contributed by atoms with van der Waals surface area (Å²) in [6.07, 6.45) is -2.31. The Bertz CT molecular complexity index is 2690. The summed E-state index contributed by atoms with van der Waals surface area (Å²) in [6, 6.07) is 34.7. The maximum Gasteiger partial charge on any atom is 0.265 e. The number of ether oxygens (including phenoxy) is 2. The second-order valence-corrected chi connectivity index (χ2v) is 26.8. The van der Waals surface area contributed by atoms with Crippen molar-refractivity contribution in [1.29, 1.82) is 0 Å². The number of aliphatic hydroxyl groups excluding tert-OH is 2. The van der Waals surface area contributed by atoms with E-state index in [-0.39, 0.29) is 48.6 Å². The summed E-state index contributed by atoms with van der Waals surface area (Å²) in [5.74, 6) is -0.108. The molecular formula is C60H70N2O8S4. The fourth-order valence-electron chi connectivity index (χ4n) is 7.95. The van der Waals surface area contributed by atoms with Gasteiger partial charge in [-0.05, 0) is 92.4 Å². The molecule has 0 saturated heterocycles. The SMILES string of the molecule is CC(C)(C)c1cc2c(O)c(c1)Sc1cc(C(C)(C)C)cc(c1O[C@@H](C(=O)NCCO)c1ccccc1)Sc1cc(C(C)(C)C)cc(c1O)Sc1cc(C(C)(C)C)cc(c1O[C@@H](C(=O)NCCO)c1ccccc1)S2. The molecule has 0 fully saturated rings. The largest absolute Gasteiger partial charge is 0.506 e. The molecule has 392 valence electrons. The fourth-order valence-corrected chi connectivity index (χ4v) is 12.5. The van der Waals surface area contributed by atoms with E-state index in [9.17, 15) is 30.0 Å². The Labute approximate surface area is 454 Å². The van der Waals surface area contributed by atoms with E-state index in [0.29, 0.717) is 61.8 Å². The fraction of sp³-hybridized carbons (Fsp3) is 0.367. The molecule has 2 amide bonds. The molecule has 0 unspecified atom stereocenters. The third-order valence-electron chi connectivity index (χ3n) is 12.4. The van der Waals surface area contributed by atoms with E-state index >= 15 is 0 Å². The van der Waals surface area contributed by atoms with E-state index in [0.717, 1.165) is 22.3 Å². The Kier molecular flexibility index (Phi) is 17.5. The van der Waals surface area contributed by atoms with Crippen LogP contribution in [-0.2, 0) is 31.2 Å². The molecule has 0 saturated carbocycles. The smallest absolute Gasteiger partial charge is 0.265 e. The third-order valence-corrected chi connectivity index (χ3v) is 16.7. The van der Waals surface area contributed by atoms with Crippen LogP contribution in [0.25, 0.3) is 0 Å². The van der Waals surface area contributed by atoms with E-state index < -0.39 is 34.9 Å². The van der Waals surface area contributed by atoms with Crippen molar-refractivity contribution in [2.75, 3.05) is 26.3 Å². The molecule has 1 aliphatic heterocycles. The quantitative estimate of drug-likeness (QED) is 0.0689. The first-order valence-electron chi connectivity index (χ1n) is 24.8. The second kappa shape index (κ2) is 22.9. The third kappa shape index (κ3) is 13.4. The van der Waals surface area contributed by atoms with Gasteiger partial charge in [0.25, 0.3) is 11.8 Å².